The number of phenolic OH excluding ortho intramolecular Hbond substituents is 13. The first kappa shape index (κ1) is 34.2. The summed E-state index contributed by atoms with van der Waals surface area (Å²) in [5.41, 5.74) is -0.998. The number of aromatic hydroxyl groups is 13. The Bertz CT molecular complexity index is 2510. The van der Waals surface area contributed by atoms with Crippen LogP contribution in [0.1, 0.15) is 0 Å². The molecule has 276 valence electrons. The zero-order valence-corrected chi connectivity index (χ0v) is 26.7. The van der Waals surface area contributed by atoms with Gasteiger partial charge in [0.2, 0.25) is 34.5 Å². The van der Waals surface area contributed by atoms with Crippen LogP contribution in [-0.2, 0) is 0 Å². The smallest absolute Gasteiger partial charge is 0.220 e. The molecule has 54 heavy (non-hydrogen) atoms. The molecule has 6 aromatic rings. The molecule has 0 aliphatic carbocycles. The maximum Gasteiger partial charge on any atom is 0.220 e. The largest absolute Gasteiger partial charge is 0.508 e. The van der Waals surface area contributed by atoms with Crippen LogP contribution in [-0.4, -0.2) is 66.4 Å². The van der Waals surface area contributed by atoms with Gasteiger partial charge in [-0.1, -0.05) is 0 Å². The molecule has 0 saturated carbocycles. The maximum absolute atomic E-state index is 11.1. The van der Waals surface area contributed by atoms with Gasteiger partial charge < -0.3 is 90.1 Å². The molecule has 7 rings (SSSR count). The highest BCUT2D eigenvalue weighted by Gasteiger charge is 2.33. The zero-order valence-electron chi connectivity index (χ0n) is 26.7. The summed E-state index contributed by atoms with van der Waals surface area (Å²) in [7, 11) is 0. The minimum absolute atomic E-state index is 0.237. The quantitative estimate of drug-likeness (QED) is 0.0797. The Morgan fingerprint density at radius 3 is 1.26 bits per heavy atom. The van der Waals surface area contributed by atoms with Crippen molar-refractivity contribution in [2.75, 3.05) is 0 Å². The molecule has 6 aromatic carbocycles. The van der Waals surface area contributed by atoms with Gasteiger partial charge in [-0.15, -0.1) is 0 Å². The fourth-order valence-corrected chi connectivity index (χ4v) is 5.46. The molecule has 13 N–H and O–H groups in total. The monoisotopic (exact) mass is 744 g/mol. The predicted octanol–water partition coefficient (Wildman–Crippen LogP) is 6.80. The summed E-state index contributed by atoms with van der Waals surface area (Å²) in [5, 5.41) is 136. The lowest BCUT2D eigenvalue weighted by Crippen LogP contribution is -2.02. The summed E-state index contributed by atoms with van der Waals surface area (Å²) >= 11 is 0. The lowest BCUT2D eigenvalue weighted by atomic mass is 10.00. The third-order valence-corrected chi connectivity index (χ3v) is 7.66. The summed E-state index contributed by atoms with van der Waals surface area (Å²) in [6.45, 7) is 0. The SMILES string of the molecule is Oc1cc(O)c(Oc2cc(O)cc(O)c2-c2c(O)cc(O)cc2Oc2c(O)cc(O)cc2Oc2c(O)cc(O)c3c2Oc2c(O)cc(O)cc2O3)c(O)c1. The Labute approximate surface area is 300 Å². The van der Waals surface area contributed by atoms with Gasteiger partial charge >= 0.3 is 0 Å². The number of hydrogen-bond acceptors (Lipinski definition) is 18. The van der Waals surface area contributed by atoms with Gasteiger partial charge in [0, 0.05) is 66.7 Å². The van der Waals surface area contributed by atoms with E-state index in [1.807, 2.05) is 0 Å². The second-order valence-electron chi connectivity index (χ2n) is 11.5. The van der Waals surface area contributed by atoms with Crippen molar-refractivity contribution >= 4 is 0 Å². The van der Waals surface area contributed by atoms with Gasteiger partial charge in [0.1, 0.15) is 51.7 Å². The van der Waals surface area contributed by atoms with Gasteiger partial charge in [-0.3, -0.25) is 0 Å². The number of ether oxygens (including phenoxy) is 5. The molecule has 0 unspecified atom stereocenters. The van der Waals surface area contributed by atoms with Gasteiger partial charge in [0.15, 0.2) is 46.0 Å². The van der Waals surface area contributed by atoms with Crippen molar-refractivity contribution in [2.45, 2.75) is 0 Å². The number of phenols is 13. The highest BCUT2D eigenvalue weighted by Crippen LogP contribution is 2.61. The first-order chi connectivity index (χ1) is 25.6. The average molecular weight is 745 g/mol. The first-order valence-electron chi connectivity index (χ1n) is 15.0. The molecule has 0 spiro atoms. The Hall–Kier alpha value is -8.28. The van der Waals surface area contributed by atoms with E-state index in [0.717, 1.165) is 66.7 Å². The van der Waals surface area contributed by atoms with E-state index >= 15 is 0 Å². The van der Waals surface area contributed by atoms with E-state index in [0.29, 0.717) is 0 Å². The maximum atomic E-state index is 11.1. The van der Waals surface area contributed by atoms with Crippen molar-refractivity contribution in [1.29, 1.82) is 0 Å². The Morgan fingerprint density at radius 2 is 0.685 bits per heavy atom. The fraction of sp³-hybridized carbons (Fsp3) is 0. The van der Waals surface area contributed by atoms with Crippen molar-refractivity contribution < 1.29 is 90.1 Å². The Morgan fingerprint density at radius 1 is 0.296 bits per heavy atom. The fourth-order valence-electron chi connectivity index (χ4n) is 5.46. The van der Waals surface area contributed by atoms with E-state index in [-0.39, 0.29) is 11.5 Å². The molecule has 0 aromatic heterocycles. The second kappa shape index (κ2) is 12.5. The minimum Gasteiger partial charge on any atom is -0.508 e. The Kier molecular flexibility index (Phi) is 7.91. The van der Waals surface area contributed by atoms with Crippen molar-refractivity contribution in [2.24, 2.45) is 0 Å². The van der Waals surface area contributed by atoms with Crippen LogP contribution in [0, 0.1) is 0 Å². The van der Waals surface area contributed by atoms with Gasteiger partial charge in [0.25, 0.3) is 0 Å². The van der Waals surface area contributed by atoms with E-state index in [9.17, 15) is 66.4 Å². The molecule has 1 aliphatic heterocycles. The molecular formula is C36H24O18. The van der Waals surface area contributed by atoms with Gasteiger partial charge in [-0.2, -0.15) is 0 Å². The van der Waals surface area contributed by atoms with E-state index in [2.05, 4.69) is 0 Å². The normalized spacial score (nSPS) is 11.5. The molecule has 0 amide bonds. The number of hydrogen-bond donors (Lipinski definition) is 13. The first-order valence-corrected chi connectivity index (χ1v) is 15.0. The highest BCUT2D eigenvalue weighted by molar-refractivity contribution is 5.87. The van der Waals surface area contributed by atoms with E-state index < -0.39 is 132 Å². The summed E-state index contributed by atoms with van der Waals surface area (Å²) in [5.74, 6) is -14.3. The summed E-state index contributed by atoms with van der Waals surface area (Å²) in [6, 6.07) is 9.47. The van der Waals surface area contributed by atoms with Crippen LogP contribution in [0.25, 0.3) is 11.1 Å². The van der Waals surface area contributed by atoms with Crippen LogP contribution >= 0.6 is 0 Å². The van der Waals surface area contributed by atoms with Crippen LogP contribution in [0.2, 0.25) is 0 Å². The summed E-state index contributed by atoms with van der Waals surface area (Å²) in [4.78, 5) is 0. The number of fused-ring (bicyclic) bond motifs is 2. The molecular weight excluding hydrogens is 720 g/mol. The van der Waals surface area contributed by atoms with Crippen molar-refractivity contribution in [3.8, 4) is 143 Å². The third kappa shape index (κ3) is 5.96. The molecule has 0 radical (unpaired) electrons. The van der Waals surface area contributed by atoms with Crippen molar-refractivity contribution in [3.05, 3.63) is 66.7 Å². The second-order valence-corrected chi connectivity index (χ2v) is 11.5. The van der Waals surface area contributed by atoms with Gasteiger partial charge in [-0.05, 0) is 0 Å². The van der Waals surface area contributed by atoms with E-state index in [1.165, 1.54) is 0 Å². The predicted molar refractivity (Wildman–Crippen MR) is 180 cm³/mol. The van der Waals surface area contributed by atoms with Gasteiger partial charge in [0.05, 0.1) is 11.1 Å². The highest BCUT2D eigenvalue weighted by atomic mass is 16.6. The van der Waals surface area contributed by atoms with Crippen LogP contribution in [0.3, 0.4) is 0 Å². The van der Waals surface area contributed by atoms with Crippen LogP contribution < -0.4 is 23.7 Å². The molecule has 18 nitrogen and oxygen atoms in total. The topological polar surface area (TPSA) is 309 Å². The third-order valence-electron chi connectivity index (χ3n) is 7.66. The average Bonchev–Trinajstić information content (AvgIpc) is 3.06. The molecule has 1 aliphatic rings. The molecule has 18 heteroatoms. The van der Waals surface area contributed by atoms with Crippen molar-refractivity contribution in [3.63, 3.8) is 0 Å². The summed E-state index contributed by atoms with van der Waals surface area (Å²) in [6.07, 6.45) is 0. The van der Waals surface area contributed by atoms with Gasteiger partial charge in [-0.25, -0.2) is 0 Å². The molecule has 0 bridgehead atoms. The molecule has 1 heterocycles. The van der Waals surface area contributed by atoms with Crippen LogP contribution in [0.4, 0.5) is 0 Å². The molecule has 0 fully saturated rings. The minimum atomic E-state index is -0.855. The van der Waals surface area contributed by atoms with E-state index in [1.54, 1.807) is 0 Å². The lowest BCUT2D eigenvalue weighted by Gasteiger charge is -2.25. The van der Waals surface area contributed by atoms with Crippen molar-refractivity contribution in [1.82, 2.24) is 0 Å². The number of rotatable bonds is 7. The standard InChI is InChI=1S/C36H24O18/c37-12-3-19(44)31(20(45)4-12)50-25-7-13(38)1-17(42)29(25)30-18(43)2-14(39)8-26(30)51-32-21(46)5-15(40)9-27(32)52-34-23(48)11-24(49)35-36(34)54-33-22(47)6-16(41)10-28(33)53-35/h1-11,37-49H. The van der Waals surface area contributed by atoms with Crippen LogP contribution in [0.15, 0.2) is 66.7 Å². The molecule has 0 saturated heterocycles. The van der Waals surface area contributed by atoms with Crippen LogP contribution in [0.5, 0.6) is 132 Å². The zero-order chi connectivity index (χ0) is 38.7. The summed E-state index contributed by atoms with van der Waals surface area (Å²) < 4.78 is 28.7. The van der Waals surface area contributed by atoms with E-state index in [4.69, 9.17) is 23.7 Å². The number of benzene rings is 6. The molecule has 0 atom stereocenters. The lowest BCUT2D eigenvalue weighted by molar-refractivity contribution is 0.296. The Balaban J connectivity index is 1.36.